The van der Waals surface area contributed by atoms with Crippen molar-refractivity contribution in [2.75, 3.05) is 7.11 Å². The van der Waals surface area contributed by atoms with Gasteiger partial charge in [0.1, 0.15) is 23.7 Å². The first-order chi connectivity index (χ1) is 11.5. The van der Waals surface area contributed by atoms with Gasteiger partial charge in [0.2, 0.25) is 0 Å². The smallest absolute Gasteiger partial charge is 0.161 e. The van der Waals surface area contributed by atoms with Gasteiger partial charge in [-0.2, -0.15) is 0 Å². The number of ether oxygens (including phenoxy) is 2. The maximum Gasteiger partial charge on any atom is 0.161 e. The van der Waals surface area contributed by atoms with Gasteiger partial charge < -0.3 is 14.6 Å². The first kappa shape index (κ1) is 16.5. The number of hydrogen-bond donors (Lipinski definition) is 1. The number of aliphatic hydroxyl groups is 1. The second kappa shape index (κ2) is 6.65. The Hall–Kier alpha value is -2.33. The van der Waals surface area contributed by atoms with Crippen LogP contribution in [0.1, 0.15) is 30.0 Å². The average molecular weight is 326 g/mol. The van der Waals surface area contributed by atoms with Gasteiger partial charge >= 0.3 is 0 Å². The van der Waals surface area contributed by atoms with Gasteiger partial charge in [-0.05, 0) is 37.5 Å². The summed E-state index contributed by atoms with van der Waals surface area (Å²) >= 11 is 0. The zero-order valence-corrected chi connectivity index (χ0v) is 14.0. The molecule has 4 nitrogen and oxygen atoms in total. The molecule has 1 N–H and O–H groups in total. The molecule has 0 bridgehead atoms. The average Bonchev–Trinajstić information content (AvgIpc) is 2.60. The second-order valence-corrected chi connectivity index (χ2v) is 6.26. The lowest BCUT2D eigenvalue weighted by molar-refractivity contribution is -0.136. The van der Waals surface area contributed by atoms with Crippen molar-refractivity contribution in [2.24, 2.45) is 0 Å². The number of fused-ring (bicyclic) bond motifs is 1. The maximum absolute atomic E-state index is 11.9. The highest BCUT2D eigenvalue weighted by Crippen LogP contribution is 2.40. The van der Waals surface area contributed by atoms with Gasteiger partial charge in [0.25, 0.3) is 0 Å². The predicted molar refractivity (Wildman–Crippen MR) is 91.4 cm³/mol. The van der Waals surface area contributed by atoms with Crippen LogP contribution in [0.4, 0.5) is 0 Å². The Morgan fingerprint density at radius 3 is 2.50 bits per heavy atom. The van der Waals surface area contributed by atoms with Crippen molar-refractivity contribution in [1.29, 1.82) is 0 Å². The summed E-state index contributed by atoms with van der Waals surface area (Å²) in [5.41, 5.74) is 1.65. The minimum atomic E-state index is -1.32. The fourth-order valence-corrected chi connectivity index (χ4v) is 3.19. The lowest BCUT2D eigenvalue weighted by atomic mass is 9.77. The molecule has 0 aromatic heterocycles. The zero-order chi connectivity index (χ0) is 17.2. The molecule has 1 aliphatic carbocycles. The molecule has 0 aliphatic heterocycles. The second-order valence-electron chi connectivity index (χ2n) is 6.26. The molecule has 4 heteroatoms. The third kappa shape index (κ3) is 3.15. The van der Waals surface area contributed by atoms with E-state index in [-0.39, 0.29) is 12.2 Å². The normalized spacial score (nSPS) is 19.5. The zero-order valence-electron chi connectivity index (χ0n) is 14.0. The summed E-state index contributed by atoms with van der Waals surface area (Å²) in [5.74, 6) is 1.28. The maximum atomic E-state index is 11.9. The van der Waals surface area contributed by atoms with Crippen molar-refractivity contribution >= 4 is 5.78 Å². The standard InChI is InChI=1S/C20H22O4/c1-14(21)20(22)11-10-16-17(12-20)19(9-8-18(16)23-2)24-13-15-6-4-3-5-7-15/h3-9,22H,10-13H2,1-2H3/t20-/m1/s1. The minimum absolute atomic E-state index is 0.204. The van der Waals surface area contributed by atoms with Crippen molar-refractivity contribution in [3.8, 4) is 11.5 Å². The van der Waals surface area contributed by atoms with E-state index < -0.39 is 5.60 Å². The largest absolute Gasteiger partial charge is 0.496 e. The van der Waals surface area contributed by atoms with E-state index in [1.165, 1.54) is 6.92 Å². The van der Waals surface area contributed by atoms with Crippen molar-refractivity contribution in [1.82, 2.24) is 0 Å². The lowest BCUT2D eigenvalue weighted by Gasteiger charge is -2.33. The molecule has 0 fully saturated rings. The fraction of sp³-hybridized carbons (Fsp3) is 0.350. The summed E-state index contributed by atoms with van der Waals surface area (Å²) in [7, 11) is 1.63. The van der Waals surface area contributed by atoms with Crippen molar-refractivity contribution < 1.29 is 19.4 Å². The van der Waals surface area contributed by atoms with Crippen molar-refractivity contribution in [3.63, 3.8) is 0 Å². The molecule has 0 unspecified atom stereocenters. The molecule has 1 atom stereocenters. The van der Waals surface area contributed by atoms with Crippen LogP contribution < -0.4 is 9.47 Å². The van der Waals surface area contributed by atoms with Crippen LogP contribution in [-0.2, 0) is 24.2 Å². The lowest BCUT2D eigenvalue weighted by Crippen LogP contribution is -2.42. The van der Waals surface area contributed by atoms with E-state index in [1.54, 1.807) is 7.11 Å². The molecule has 0 saturated heterocycles. The van der Waals surface area contributed by atoms with E-state index in [0.717, 1.165) is 22.4 Å². The third-order valence-electron chi connectivity index (χ3n) is 4.72. The number of hydrogen-bond acceptors (Lipinski definition) is 4. The topological polar surface area (TPSA) is 55.8 Å². The van der Waals surface area contributed by atoms with Crippen LogP contribution in [0.15, 0.2) is 42.5 Å². The summed E-state index contributed by atoms with van der Waals surface area (Å²) < 4.78 is 11.4. The molecule has 2 aromatic carbocycles. The first-order valence-corrected chi connectivity index (χ1v) is 8.12. The first-order valence-electron chi connectivity index (χ1n) is 8.12. The van der Waals surface area contributed by atoms with Crippen molar-refractivity contribution in [3.05, 3.63) is 59.2 Å². The molecule has 0 radical (unpaired) electrons. The van der Waals surface area contributed by atoms with Gasteiger partial charge in [-0.3, -0.25) is 4.79 Å². The number of ketones is 1. The van der Waals surface area contributed by atoms with Gasteiger partial charge in [-0.15, -0.1) is 0 Å². The third-order valence-corrected chi connectivity index (χ3v) is 4.72. The number of rotatable bonds is 5. The molecule has 0 spiro atoms. The van der Waals surface area contributed by atoms with Gasteiger partial charge in [0, 0.05) is 17.5 Å². The van der Waals surface area contributed by atoms with E-state index in [9.17, 15) is 9.90 Å². The van der Waals surface area contributed by atoms with Crippen LogP contribution in [-0.4, -0.2) is 23.6 Å². The van der Waals surface area contributed by atoms with Crippen LogP contribution in [0.5, 0.6) is 11.5 Å². The Bertz CT molecular complexity index is 739. The highest BCUT2D eigenvalue weighted by molar-refractivity contribution is 5.85. The summed E-state index contributed by atoms with van der Waals surface area (Å²) in [6.45, 7) is 1.88. The number of Topliss-reactive ketones (excluding diaryl/α,β-unsaturated/α-hetero) is 1. The van der Waals surface area contributed by atoms with Gasteiger partial charge in [0.15, 0.2) is 5.78 Å². The van der Waals surface area contributed by atoms with E-state index >= 15 is 0 Å². The summed E-state index contributed by atoms with van der Waals surface area (Å²) in [6.07, 6.45) is 1.27. The number of benzene rings is 2. The Kier molecular flexibility index (Phi) is 4.58. The highest BCUT2D eigenvalue weighted by atomic mass is 16.5. The highest BCUT2D eigenvalue weighted by Gasteiger charge is 2.38. The quantitative estimate of drug-likeness (QED) is 0.917. The van der Waals surface area contributed by atoms with Crippen LogP contribution in [0.2, 0.25) is 0 Å². The molecular formula is C20H22O4. The van der Waals surface area contributed by atoms with Crippen LogP contribution in [0.25, 0.3) is 0 Å². The molecule has 0 amide bonds. The molecule has 2 aromatic rings. The summed E-state index contributed by atoms with van der Waals surface area (Å²) in [5, 5.41) is 10.6. The molecule has 0 heterocycles. The Morgan fingerprint density at radius 1 is 1.12 bits per heavy atom. The number of carbonyl (C=O) groups excluding carboxylic acids is 1. The SMILES string of the molecule is COc1ccc(OCc2ccccc2)c2c1CC[C@](O)(C(C)=O)C2. The fourth-order valence-electron chi connectivity index (χ4n) is 3.19. The van der Waals surface area contributed by atoms with Crippen molar-refractivity contribution in [2.45, 2.75) is 38.4 Å². The number of methoxy groups -OCH3 is 1. The molecule has 3 rings (SSSR count). The predicted octanol–water partition coefficient (Wildman–Crippen LogP) is 3.08. The van der Waals surface area contributed by atoms with E-state index in [4.69, 9.17) is 9.47 Å². The number of carbonyl (C=O) groups is 1. The molecule has 0 saturated carbocycles. The van der Waals surface area contributed by atoms with Crippen LogP contribution >= 0.6 is 0 Å². The summed E-state index contributed by atoms with van der Waals surface area (Å²) in [4.78, 5) is 11.9. The Morgan fingerprint density at radius 2 is 1.83 bits per heavy atom. The van der Waals surface area contributed by atoms with E-state index in [2.05, 4.69) is 0 Å². The molecular weight excluding hydrogens is 304 g/mol. The van der Waals surface area contributed by atoms with Gasteiger partial charge in [-0.1, -0.05) is 30.3 Å². The van der Waals surface area contributed by atoms with E-state index in [0.29, 0.717) is 25.2 Å². The minimum Gasteiger partial charge on any atom is -0.496 e. The van der Waals surface area contributed by atoms with Crippen LogP contribution in [0.3, 0.4) is 0 Å². The van der Waals surface area contributed by atoms with E-state index in [1.807, 2.05) is 42.5 Å². The molecule has 1 aliphatic rings. The monoisotopic (exact) mass is 326 g/mol. The Balaban J connectivity index is 1.92. The van der Waals surface area contributed by atoms with Crippen LogP contribution in [0, 0.1) is 0 Å². The van der Waals surface area contributed by atoms with Gasteiger partial charge in [-0.25, -0.2) is 0 Å². The summed E-state index contributed by atoms with van der Waals surface area (Å²) in [6, 6.07) is 13.6. The Labute approximate surface area is 142 Å². The van der Waals surface area contributed by atoms with Gasteiger partial charge in [0.05, 0.1) is 7.11 Å². The molecule has 126 valence electrons. The molecule has 24 heavy (non-hydrogen) atoms.